The molecule has 2 amide bonds. The highest BCUT2D eigenvalue weighted by Crippen LogP contribution is 2.33. The van der Waals surface area contributed by atoms with Gasteiger partial charge in [-0.3, -0.25) is 9.59 Å². The molecule has 0 heterocycles. The molecule has 1 N–H and O–H groups in total. The number of carbonyl (C=O) groups is 2. The summed E-state index contributed by atoms with van der Waals surface area (Å²) < 4.78 is 12.1. The molecule has 1 aliphatic carbocycles. The van der Waals surface area contributed by atoms with Crippen LogP contribution in [0.2, 0.25) is 0 Å². The lowest BCUT2D eigenvalue weighted by atomic mass is 9.95. The SMILES string of the molecule is COc1cccc(CN(C(=O)COc2ccc3ccccc3c2Br)[C@H](C)C(=O)NC2CCCCC2)c1. The predicted molar refractivity (Wildman–Crippen MR) is 145 cm³/mol. The first-order chi connectivity index (χ1) is 17.5. The number of amides is 2. The molecule has 0 unspecified atom stereocenters. The van der Waals surface area contributed by atoms with Crippen molar-refractivity contribution in [2.75, 3.05) is 13.7 Å². The van der Waals surface area contributed by atoms with Gasteiger partial charge >= 0.3 is 0 Å². The summed E-state index contributed by atoms with van der Waals surface area (Å²) in [6.07, 6.45) is 5.44. The second-order valence-corrected chi connectivity index (χ2v) is 10.1. The number of benzene rings is 3. The van der Waals surface area contributed by atoms with E-state index in [2.05, 4.69) is 21.2 Å². The van der Waals surface area contributed by atoms with Gasteiger partial charge in [0.05, 0.1) is 11.6 Å². The third kappa shape index (κ3) is 6.38. The molecule has 4 rings (SSSR count). The predicted octanol–water partition coefficient (Wildman–Crippen LogP) is 5.86. The minimum absolute atomic E-state index is 0.134. The molecule has 0 radical (unpaired) electrons. The number of nitrogens with one attached hydrogen (secondary N) is 1. The van der Waals surface area contributed by atoms with Gasteiger partial charge in [0, 0.05) is 12.6 Å². The Balaban J connectivity index is 1.50. The standard InChI is InChI=1S/C29H33BrN2O4/c1-20(29(34)31-23-11-4-3-5-12-23)32(18-21-9-8-13-24(17-21)35-2)27(33)19-36-26-16-15-22-10-6-7-14-25(22)28(26)30/h6-10,13-17,20,23H,3-5,11-12,18-19H2,1-2H3,(H,31,34)/t20-/m1/s1. The van der Waals surface area contributed by atoms with Crippen molar-refractivity contribution in [3.63, 3.8) is 0 Å². The van der Waals surface area contributed by atoms with Crippen LogP contribution in [0.25, 0.3) is 10.8 Å². The quantitative estimate of drug-likeness (QED) is 0.361. The Bertz CT molecular complexity index is 1210. The topological polar surface area (TPSA) is 67.9 Å². The van der Waals surface area contributed by atoms with Gasteiger partial charge in [0.1, 0.15) is 17.5 Å². The van der Waals surface area contributed by atoms with E-state index in [1.165, 1.54) is 6.42 Å². The largest absolute Gasteiger partial charge is 0.497 e. The molecule has 0 aromatic heterocycles. The van der Waals surface area contributed by atoms with Crippen molar-refractivity contribution in [2.24, 2.45) is 0 Å². The van der Waals surface area contributed by atoms with E-state index in [-0.39, 0.29) is 31.0 Å². The summed E-state index contributed by atoms with van der Waals surface area (Å²) in [5, 5.41) is 5.25. The molecule has 1 aliphatic rings. The Morgan fingerprint density at radius 2 is 1.83 bits per heavy atom. The fraction of sp³-hybridized carbons (Fsp3) is 0.379. The van der Waals surface area contributed by atoms with Gasteiger partial charge in [0.2, 0.25) is 5.91 Å². The number of carbonyl (C=O) groups excluding carboxylic acids is 2. The van der Waals surface area contributed by atoms with E-state index in [1.54, 1.807) is 18.9 Å². The molecule has 36 heavy (non-hydrogen) atoms. The van der Waals surface area contributed by atoms with E-state index in [4.69, 9.17) is 9.47 Å². The first kappa shape index (κ1) is 26.0. The summed E-state index contributed by atoms with van der Waals surface area (Å²) in [6.45, 7) is 1.88. The van der Waals surface area contributed by atoms with E-state index in [1.807, 2.05) is 60.7 Å². The van der Waals surface area contributed by atoms with Crippen molar-refractivity contribution in [1.82, 2.24) is 10.2 Å². The van der Waals surface area contributed by atoms with Gasteiger partial charge < -0.3 is 19.7 Å². The number of fused-ring (bicyclic) bond motifs is 1. The van der Waals surface area contributed by atoms with Crippen LogP contribution in [0.5, 0.6) is 11.5 Å². The highest BCUT2D eigenvalue weighted by atomic mass is 79.9. The Morgan fingerprint density at radius 3 is 2.61 bits per heavy atom. The van der Waals surface area contributed by atoms with Crippen LogP contribution in [-0.2, 0) is 16.1 Å². The molecule has 0 saturated heterocycles. The monoisotopic (exact) mass is 552 g/mol. The summed E-state index contributed by atoms with van der Waals surface area (Å²) in [7, 11) is 1.61. The molecular formula is C29H33BrN2O4. The zero-order valence-corrected chi connectivity index (χ0v) is 22.4. The van der Waals surface area contributed by atoms with E-state index >= 15 is 0 Å². The van der Waals surface area contributed by atoms with Gasteiger partial charge in [-0.2, -0.15) is 0 Å². The summed E-state index contributed by atoms with van der Waals surface area (Å²) in [4.78, 5) is 28.2. The lowest BCUT2D eigenvalue weighted by Gasteiger charge is -2.31. The van der Waals surface area contributed by atoms with Crippen molar-refractivity contribution in [3.05, 3.63) is 70.7 Å². The molecule has 0 aliphatic heterocycles. The molecule has 1 fully saturated rings. The second-order valence-electron chi connectivity index (χ2n) is 9.28. The number of hydrogen-bond acceptors (Lipinski definition) is 4. The Labute approximate surface area is 221 Å². The second kappa shape index (κ2) is 12.3. The van der Waals surface area contributed by atoms with Gasteiger partial charge in [-0.05, 0) is 70.2 Å². The van der Waals surface area contributed by atoms with Gasteiger partial charge in [0.25, 0.3) is 5.91 Å². The normalized spacial score (nSPS) is 14.8. The fourth-order valence-electron chi connectivity index (χ4n) is 4.67. The van der Waals surface area contributed by atoms with Crippen molar-refractivity contribution >= 4 is 38.5 Å². The Hall–Kier alpha value is -3.06. The average molecular weight is 553 g/mol. The minimum atomic E-state index is -0.644. The van der Waals surface area contributed by atoms with Crippen molar-refractivity contribution in [2.45, 2.75) is 57.7 Å². The maximum absolute atomic E-state index is 13.5. The molecule has 3 aromatic carbocycles. The molecule has 0 bridgehead atoms. The van der Waals surface area contributed by atoms with Gasteiger partial charge in [-0.25, -0.2) is 0 Å². The molecule has 6 nitrogen and oxygen atoms in total. The first-order valence-electron chi connectivity index (χ1n) is 12.5. The summed E-state index contributed by atoms with van der Waals surface area (Å²) in [5.41, 5.74) is 0.881. The zero-order chi connectivity index (χ0) is 25.5. The third-order valence-corrected chi connectivity index (χ3v) is 7.60. The summed E-state index contributed by atoms with van der Waals surface area (Å²) in [6, 6.07) is 18.9. The van der Waals surface area contributed by atoms with Crippen LogP contribution < -0.4 is 14.8 Å². The lowest BCUT2D eigenvalue weighted by molar-refractivity contribution is -0.142. The van der Waals surface area contributed by atoms with E-state index in [0.717, 1.165) is 46.5 Å². The first-order valence-corrected chi connectivity index (χ1v) is 13.3. The Kier molecular flexibility index (Phi) is 8.86. The van der Waals surface area contributed by atoms with Crippen LogP contribution in [-0.4, -0.2) is 42.5 Å². The molecular weight excluding hydrogens is 520 g/mol. The van der Waals surface area contributed by atoms with Crippen LogP contribution in [0, 0.1) is 0 Å². The van der Waals surface area contributed by atoms with Crippen molar-refractivity contribution < 1.29 is 19.1 Å². The maximum atomic E-state index is 13.5. The van der Waals surface area contributed by atoms with E-state index in [0.29, 0.717) is 11.5 Å². The van der Waals surface area contributed by atoms with Crippen molar-refractivity contribution in [1.29, 1.82) is 0 Å². The number of nitrogens with zero attached hydrogens (tertiary/aromatic N) is 1. The highest BCUT2D eigenvalue weighted by molar-refractivity contribution is 9.10. The molecule has 190 valence electrons. The smallest absolute Gasteiger partial charge is 0.261 e. The van der Waals surface area contributed by atoms with Crippen molar-refractivity contribution in [3.8, 4) is 11.5 Å². The molecule has 0 spiro atoms. The van der Waals surface area contributed by atoms with Crippen LogP contribution in [0.4, 0.5) is 0 Å². The van der Waals surface area contributed by atoms with E-state index in [9.17, 15) is 9.59 Å². The number of ether oxygens (including phenoxy) is 2. The Morgan fingerprint density at radius 1 is 1.06 bits per heavy atom. The molecule has 3 aromatic rings. The van der Waals surface area contributed by atoms with Crippen LogP contribution in [0.3, 0.4) is 0 Å². The lowest BCUT2D eigenvalue weighted by Crippen LogP contribution is -2.51. The number of rotatable bonds is 9. The summed E-state index contributed by atoms with van der Waals surface area (Å²) >= 11 is 3.62. The summed E-state index contributed by atoms with van der Waals surface area (Å²) in [5.74, 6) is 0.896. The number of hydrogen-bond donors (Lipinski definition) is 1. The van der Waals surface area contributed by atoms with Gasteiger partial charge in [-0.15, -0.1) is 0 Å². The maximum Gasteiger partial charge on any atom is 0.261 e. The van der Waals surface area contributed by atoms with Gasteiger partial charge in [0.15, 0.2) is 6.61 Å². The van der Waals surface area contributed by atoms with Crippen LogP contribution >= 0.6 is 15.9 Å². The highest BCUT2D eigenvalue weighted by Gasteiger charge is 2.28. The van der Waals surface area contributed by atoms with Crippen LogP contribution in [0.15, 0.2) is 65.1 Å². The van der Waals surface area contributed by atoms with Crippen LogP contribution in [0.1, 0.15) is 44.6 Å². The number of halogens is 1. The molecule has 1 atom stereocenters. The number of methoxy groups -OCH3 is 1. The van der Waals surface area contributed by atoms with E-state index < -0.39 is 6.04 Å². The van der Waals surface area contributed by atoms with Gasteiger partial charge in [-0.1, -0.05) is 61.7 Å². The molecule has 1 saturated carbocycles. The average Bonchev–Trinajstić information content (AvgIpc) is 2.91. The minimum Gasteiger partial charge on any atom is -0.497 e. The third-order valence-electron chi connectivity index (χ3n) is 6.78. The molecule has 7 heteroatoms. The zero-order valence-electron chi connectivity index (χ0n) is 20.8. The fourth-order valence-corrected chi connectivity index (χ4v) is 5.27.